The fourth-order valence-corrected chi connectivity index (χ4v) is 1.42. The van der Waals surface area contributed by atoms with E-state index in [1.165, 1.54) is 4.90 Å². The lowest BCUT2D eigenvalue weighted by Gasteiger charge is -2.19. The van der Waals surface area contributed by atoms with Crippen LogP contribution in [0.2, 0.25) is 0 Å². The molecule has 6 nitrogen and oxygen atoms in total. The topological polar surface area (TPSA) is 74.1 Å². The first kappa shape index (κ1) is 9.54. The second-order valence-electron chi connectivity index (χ2n) is 2.25. The number of rotatable bonds is 1. The maximum absolute atomic E-state index is 10.9. The van der Waals surface area contributed by atoms with Crippen LogP contribution in [0.15, 0.2) is 9.39 Å². The molecule has 13 heavy (non-hydrogen) atoms. The van der Waals surface area contributed by atoms with Crippen LogP contribution < -0.4 is 4.72 Å². The number of aliphatic imine (C=N–C) groups is 1. The van der Waals surface area contributed by atoms with Gasteiger partial charge in [-0.2, -0.15) is 8.42 Å². The zero-order valence-electron chi connectivity index (χ0n) is 6.93. The smallest absolute Gasteiger partial charge is 0.305 e. The number of nitrogens with zero attached hydrogens (tertiary/aromatic N) is 3. The third kappa shape index (κ3) is 2.45. The van der Waals surface area contributed by atoms with E-state index < -0.39 is 10.2 Å². The minimum atomic E-state index is -3.62. The monoisotopic (exact) mass is 200 g/mol. The van der Waals surface area contributed by atoms with Crippen molar-refractivity contribution in [1.82, 2.24) is 9.62 Å². The Kier molecular flexibility index (Phi) is 2.53. The van der Waals surface area contributed by atoms with E-state index in [1.54, 1.807) is 7.05 Å². The van der Waals surface area contributed by atoms with Gasteiger partial charge in [-0.3, -0.25) is 0 Å². The molecule has 0 saturated heterocycles. The maximum atomic E-state index is 10.9. The molecule has 0 unspecified atom stereocenters. The number of hydrogen-bond donors (Lipinski definition) is 1. The standard InChI is InChI=1S/C6H8N4O2S/c1-3-4-7-6-9-13(11,12)8-5-10(6)2/h1,5H,4H2,2H3,(H,7,9). The third-order valence-corrected chi connectivity index (χ3v) is 2.05. The van der Waals surface area contributed by atoms with Crippen molar-refractivity contribution in [3.8, 4) is 12.3 Å². The number of nitrogens with one attached hydrogen (secondary N) is 1. The lowest BCUT2D eigenvalue weighted by Crippen LogP contribution is -2.44. The summed E-state index contributed by atoms with van der Waals surface area (Å²) in [5.41, 5.74) is 0. The lowest BCUT2D eigenvalue weighted by molar-refractivity contribution is 0.585. The predicted molar refractivity (Wildman–Crippen MR) is 49.4 cm³/mol. The highest BCUT2D eigenvalue weighted by Crippen LogP contribution is 1.96. The van der Waals surface area contributed by atoms with Crippen molar-refractivity contribution in [2.75, 3.05) is 13.6 Å². The Morgan fingerprint density at radius 1 is 1.85 bits per heavy atom. The highest BCUT2D eigenvalue weighted by molar-refractivity contribution is 7.89. The highest BCUT2D eigenvalue weighted by Gasteiger charge is 2.18. The summed E-state index contributed by atoms with van der Waals surface area (Å²) in [6.45, 7) is 0.121. The Balaban J connectivity index is 2.91. The molecule has 0 atom stereocenters. The van der Waals surface area contributed by atoms with Crippen LogP contribution in [0.25, 0.3) is 0 Å². The summed E-state index contributed by atoms with van der Waals surface area (Å²) in [5.74, 6) is 2.44. The second-order valence-corrected chi connectivity index (χ2v) is 3.62. The molecular formula is C6H8N4O2S. The maximum Gasteiger partial charge on any atom is 0.345 e. The van der Waals surface area contributed by atoms with Crippen molar-refractivity contribution < 1.29 is 8.42 Å². The molecule has 0 fully saturated rings. The Bertz CT molecular complexity index is 389. The van der Waals surface area contributed by atoms with Gasteiger partial charge in [0, 0.05) is 7.05 Å². The molecule has 0 bridgehead atoms. The zero-order chi connectivity index (χ0) is 9.90. The lowest BCUT2D eigenvalue weighted by atomic mass is 10.7. The molecule has 0 aliphatic carbocycles. The molecule has 70 valence electrons. The van der Waals surface area contributed by atoms with Crippen LogP contribution in [0.3, 0.4) is 0 Å². The fraction of sp³-hybridized carbons (Fsp3) is 0.333. The summed E-state index contributed by atoms with van der Waals surface area (Å²) < 4.78 is 27.2. The van der Waals surface area contributed by atoms with E-state index >= 15 is 0 Å². The van der Waals surface area contributed by atoms with Gasteiger partial charge in [0.25, 0.3) is 0 Å². The normalized spacial score (nSPS) is 22.5. The van der Waals surface area contributed by atoms with Gasteiger partial charge in [0.05, 0.1) is 0 Å². The van der Waals surface area contributed by atoms with Crippen LogP contribution in [-0.2, 0) is 10.2 Å². The van der Waals surface area contributed by atoms with Crippen LogP contribution in [0.4, 0.5) is 0 Å². The first-order valence-electron chi connectivity index (χ1n) is 3.34. The van der Waals surface area contributed by atoms with Crippen molar-refractivity contribution in [3.05, 3.63) is 0 Å². The molecule has 0 spiro atoms. The van der Waals surface area contributed by atoms with Gasteiger partial charge in [-0.15, -0.1) is 10.8 Å². The van der Waals surface area contributed by atoms with Crippen molar-refractivity contribution in [2.24, 2.45) is 9.39 Å². The van der Waals surface area contributed by atoms with E-state index in [1.807, 2.05) is 0 Å². The zero-order valence-corrected chi connectivity index (χ0v) is 7.74. The number of guanidine groups is 1. The third-order valence-electron chi connectivity index (χ3n) is 1.23. The molecule has 1 N–H and O–H groups in total. The van der Waals surface area contributed by atoms with Crippen LogP contribution >= 0.6 is 0 Å². The average molecular weight is 200 g/mol. The van der Waals surface area contributed by atoms with Gasteiger partial charge in [0.2, 0.25) is 5.96 Å². The van der Waals surface area contributed by atoms with Gasteiger partial charge in [0.15, 0.2) is 0 Å². The van der Waals surface area contributed by atoms with Crippen LogP contribution in [0.5, 0.6) is 0 Å². The van der Waals surface area contributed by atoms with Crippen LogP contribution in [0, 0.1) is 12.3 Å². The van der Waals surface area contributed by atoms with Crippen LogP contribution in [0.1, 0.15) is 0 Å². The van der Waals surface area contributed by atoms with Crippen molar-refractivity contribution in [3.63, 3.8) is 0 Å². The predicted octanol–water partition coefficient (Wildman–Crippen LogP) is -1.22. The van der Waals surface area contributed by atoms with E-state index in [-0.39, 0.29) is 12.5 Å². The average Bonchev–Trinajstić information content (AvgIpc) is 2.07. The molecule has 0 radical (unpaired) electrons. The van der Waals surface area contributed by atoms with E-state index in [9.17, 15) is 8.42 Å². The van der Waals surface area contributed by atoms with E-state index in [0.717, 1.165) is 6.34 Å². The molecule has 0 aromatic heterocycles. The summed E-state index contributed by atoms with van der Waals surface area (Å²) in [7, 11) is -2.01. The highest BCUT2D eigenvalue weighted by atomic mass is 32.2. The Hall–Kier alpha value is -1.55. The van der Waals surface area contributed by atoms with E-state index in [2.05, 4.69) is 20.0 Å². The molecule has 0 aromatic carbocycles. The first-order chi connectivity index (χ1) is 6.05. The van der Waals surface area contributed by atoms with Crippen molar-refractivity contribution in [1.29, 1.82) is 0 Å². The molecule has 7 heteroatoms. The Morgan fingerprint density at radius 2 is 2.54 bits per heavy atom. The molecule has 0 aromatic rings. The van der Waals surface area contributed by atoms with Gasteiger partial charge < -0.3 is 4.90 Å². The van der Waals surface area contributed by atoms with Gasteiger partial charge in [-0.25, -0.2) is 9.71 Å². The second kappa shape index (κ2) is 3.45. The summed E-state index contributed by atoms with van der Waals surface area (Å²) in [6, 6.07) is 0. The van der Waals surface area contributed by atoms with E-state index in [0.29, 0.717) is 0 Å². The van der Waals surface area contributed by atoms with Gasteiger partial charge in [-0.1, -0.05) is 5.92 Å². The minimum Gasteiger partial charge on any atom is -0.305 e. The molecule has 1 aliphatic heterocycles. The van der Waals surface area contributed by atoms with Crippen LogP contribution in [-0.4, -0.2) is 39.2 Å². The molecule has 1 heterocycles. The van der Waals surface area contributed by atoms with Crippen molar-refractivity contribution >= 4 is 22.5 Å². The largest absolute Gasteiger partial charge is 0.345 e. The minimum absolute atomic E-state index is 0.121. The molecule has 1 rings (SSSR count). The molecule has 0 amide bonds. The molecule has 1 aliphatic rings. The summed E-state index contributed by atoms with van der Waals surface area (Å²) in [4.78, 5) is 5.23. The van der Waals surface area contributed by atoms with Gasteiger partial charge >= 0.3 is 10.2 Å². The Morgan fingerprint density at radius 3 is 3.15 bits per heavy atom. The number of terminal acetylenes is 1. The number of hydrogen-bond acceptors (Lipinski definition) is 3. The summed E-state index contributed by atoms with van der Waals surface area (Å²) in [6.07, 6.45) is 6.13. The molecular weight excluding hydrogens is 192 g/mol. The Labute approximate surface area is 76.6 Å². The van der Waals surface area contributed by atoms with E-state index in [4.69, 9.17) is 6.42 Å². The molecule has 0 saturated carbocycles. The first-order valence-corrected chi connectivity index (χ1v) is 4.78. The fourth-order valence-electron chi connectivity index (χ4n) is 0.666. The summed E-state index contributed by atoms with van der Waals surface area (Å²) in [5, 5.41) is 0. The quantitative estimate of drug-likeness (QED) is 0.539. The van der Waals surface area contributed by atoms with Gasteiger partial charge in [0.1, 0.15) is 12.9 Å². The van der Waals surface area contributed by atoms with Gasteiger partial charge in [-0.05, 0) is 0 Å². The summed E-state index contributed by atoms with van der Waals surface area (Å²) >= 11 is 0. The van der Waals surface area contributed by atoms with Crippen molar-refractivity contribution in [2.45, 2.75) is 0 Å². The SMILES string of the molecule is C#CCN=C1NS(=O)(=O)N=CN1C.